The SMILES string of the molecule is CC(C)OC[C@H]1CCC[C@]12CN(C(=O)c1cccc(Cl)c1)CCO2. The fraction of sp³-hybridized carbons (Fsp3) is 0.632. The van der Waals surface area contributed by atoms with Gasteiger partial charge in [-0.3, -0.25) is 4.79 Å². The van der Waals surface area contributed by atoms with Crippen molar-refractivity contribution in [1.82, 2.24) is 4.90 Å². The Labute approximate surface area is 149 Å². The first-order valence-electron chi connectivity index (χ1n) is 8.80. The molecule has 0 unspecified atom stereocenters. The maximum absolute atomic E-state index is 12.8. The Bertz CT molecular complexity index is 592. The Hall–Kier alpha value is -1.10. The summed E-state index contributed by atoms with van der Waals surface area (Å²) in [5.41, 5.74) is 0.397. The summed E-state index contributed by atoms with van der Waals surface area (Å²) >= 11 is 6.03. The van der Waals surface area contributed by atoms with Gasteiger partial charge in [0.05, 0.1) is 31.5 Å². The van der Waals surface area contributed by atoms with E-state index in [1.165, 1.54) is 0 Å². The fourth-order valence-electron chi connectivity index (χ4n) is 3.84. The average molecular weight is 352 g/mol. The molecule has 3 rings (SSSR count). The minimum atomic E-state index is -0.249. The molecule has 5 heteroatoms. The average Bonchev–Trinajstić information content (AvgIpc) is 2.94. The lowest BCUT2D eigenvalue weighted by Gasteiger charge is -2.44. The number of halogens is 1. The van der Waals surface area contributed by atoms with Crippen molar-refractivity contribution in [2.45, 2.75) is 44.8 Å². The van der Waals surface area contributed by atoms with E-state index >= 15 is 0 Å². The standard InChI is InChI=1S/C19H26ClNO3/c1-14(2)23-12-16-6-4-8-19(16)13-21(9-10-24-19)18(22)15-5-3-7-17(20)11-15/h3,5,7,11,14,16H,4,6,8-10,12-13H2,1-2H3/t16-,19+/m1/s1. The van der Waals surface area contributed by atoms with E-state index in [-0.39, 0.29) is 17.6 Å². The highest BCUT2D eigenvalue weighted by Crippen LogP contribution is 2.41. The van der Waals surface area contributed by atoms with Crippen molar-refractivity contribution in [1.29, 1.82) is 0 Å². The van der Waals surface area contributed by atoms with Gasteiger partial charge in [-0.25, -0.2) is 0 Å². The summed E-state index contributed by atoms with van der Waals surface area (Å²) in [6, 6.07) is 7.17. The molecule has 4 nitrogen and oxygen atoms in total. The smallest absolute Gasteiger partial charge is 0.254 e. The Morgan fingerprint density at radius 3 is 3.08 bits per heavy atom. The second-order valence-corrected chi connectivity index (χ2v) is 7.56. The van der Waals surface area contributed by atoms with E-state index in [9.17, 15) is 4.79 Å². The second-order valence-electron chi connectivity index (χ2n) is 7.12. The lowest BCUT2D eigenvalue weighted by atomic mass is 9.89. The van der Waals surface area contributed by atoms with Crippen LogP contribution in [0.4, 0.5) is 0 Å². The monoisotopic (exact) mass is 351 g/mol. The molecule has 1 aromatic carbocycles. The van der Waals surface area contributed by atoms with Gasteiger partial charge in [0.2, 0.25) is 0 Å². The first-order valence-corrected chi connectivity index (χ1v) is 9.18. The summed E-state index contributed by atoms with van der Waals surface area (Å²) in [6.07, 6.45) is 3.45. The van der Waals surface area contributed by atoms with Crippen LogP contribution in [0.1, 0.15) is 43.5 Å². The molecular formula is C19H26ClNO3. The number of rotatable bonds is 4. The van der Waals surface area contributed by atoms with Crippen LogP contribution in [0.3, 0.4) is 0 Å². The number of morpholine rings is 1. The molecule has 1 saturated carbocycles. The molecular weight excluding hydrogens is 326 g/mol. The van der Waals surface area contributed by atoms with Crippen molar-refractivity contribution in [2.75, 3.05) is 26.3 Å². The van der Waals surface area contributed by atoms with Gasteiger partial charge in [0, 0.05) is 23.0 Å². The van der Waals surface area contributed by atoms with Crippen molar-refractivity contribution in [2.24, 2.45) is 5.92 Å². The maximum atomic E-state index is 12.8. The van der Waals surface area contributed by atoms with Gasteiger partial charge in [0.25, 0.3) is 5.91 Å². The van der Waals surface area contributed by atoms with Crippen LogP contribution in [0, 0.1) is 5.92 Å². The number of carbonyl (C=O) groups excluding carboxylic acids is 1. The van der Waals surface area contributed by atoms with Crippen molar-refractivity contribution in [3.05, 3.63) is 34.9 Å². The highest BCUT2D eigenvalue weighted by molar-refractivity contribution is 6.30. The van der Waals surface area contributed by atoms with E-state index < -0.39 is 0 Å². The lowest BCUT2D eigenvalue weighted by Crippen LogP contribution is -2.56. The van der Waals surface area contributed by atoms with Gasteiger partial charge < -0.3 is 14.4 Å². The Balaban J connectivity index is 1.72. The molecule has 1 heterocycles. The lowest BCUT2D eigenvalue weighted by molar-refractivity contribution is -0.136. The quantitative estimate of drug-likeness (QED) is 0.828. The number of amides is 1. The number of benzene rings is 1. The minimum Gasteiger partial charge on any atom is -0.378 e. The third-order valence-electron chi connectivity index (χ3n) is 5.10. The molecule has 2 fully saturated rings. The van der Waals surface area contributed by atoms with Gasteiger partial charge in [-0.05, 0) is 44.9 Å². The van der Waals surface area contributed by atoms with Crippen LogP contribution in [-0.2, 0) is 9.47 Å². The van der Waals surface area contributed by atoms with Crippen LogP contribution in [0.15, 0.2) is 24.3 Å². The number of hydrogen-bond donors (Lipinski definition) is 0. The molecule has 24 heavy (non-hydrogen) atoms. The first-order chi connectivity index (χ1) is 11.5. The second kappa shape index (κ2) is 7.42. The normalized spacial score (nSPS) is 27.2. The Morgan fingerprint density at radius 1 is 1.50 bits per heavy atom. The molecule has 2 aliphatic rings. The summed E-state index contributed by atoms with van der Waals surface area (Å²) in [7, 11) is 0. The van der Waals surface area contributed by atoms with Gasteiger partial charge in [-0.15, -0.1) is 0 Å². The maximum Gasteiger partial charge on any atom is 0.254 e. The van der Waals surface area contributed by atoms with Crippen LogP contribution in [0.25, 0.3) is 0 Å². The predicted octanol–water partition coefficient (Wildman–Crippen LogP) is 3.78. The van der Waals surface area contributed by atoms with Crippen molar-refractivity contribution < 1.29 is 14.3 Å². The summed E-state index contributed by atoms with van der Waals surface area (Å²) < 4.78 is 12.1. The Kier molecular flexibility index (Phi) is 5.48. The van der Waals surface area contributed by atoms with Crippen molar-refractivity contribution >= 4 is 17.5 Å². The van der Waals surface area contributed by atoms with Gasteiger partial charge in [-0.1, -0.05) is 24.1 Å². The fourth-order valence-corrected chi connectivity index (χ4v) is 4.03. The van der Waals surface area contributed by atoms with Crippen LogP contribution in [-0.4, -0.2) is 48.8 Å². The van der Waals surface area contributed by atoms with Crippen LogP contribution < -0.4 is 0 Å². The summed E-state index contributed by atoms with van der Waals surface area (Å²) in [5, 5.41) is 0.591. The molecule has 132 valence electrons. The third kappa shape index (κ3) is 3.76. The zero-order chi connectivity index (χ0) is 17.2. The first kappa shape index (κ1) is 17.7. The largest absolute Gasteiger partial charge is 0.378 e. The van der Waals surface area contributed by atoms with E-state index in [4.69, 9.17) is 21.1 Å². The van der Waals surface area contributed by atoms with Gasteiger partial charge in [0.1, 0.15) is 0 Å². The van der Waals surface area contributed by atoms with Crippen LogP contribution in [0.5, 0.6) is 0 Å². The van der Waals surface area contributed by atoms with E-state index in [1.54, 1.807) is 12.1 Å². The van der Waals surface area contributed by atoms with Crippen LogP contribution in [0.2, 0.25) is 5.02 Å². The summed E-state index contributed by atoms with van der Waals surface area (Å²) in [5.74, 6) is 0.394. The molecule has 1 saturated heterocycles. The zero-order valence-electron chi connectivity index (χ0n) is 14.5. The molecule has 0 N–H and O–H groups in total. The molecule has 1 aliphatic heterocycles. The number of nitrogens with zero attached hydrogens (tertiary/aromatic N) is 1. The number of ether oxygens (including phenoxy) is 2. The number of hydrogen-bond acceptors (Lipinski definition) is 3. The molecule has 1 amide bonds. The highest BCUT2D eigenvalue weighted by Gasteiger charge is 2.48. The van der Waals surface area contributed by atoms with Crippen molar-refractivity contribution in [3.63, 3.8) is 0 Å². The molecule has 1 aromatic rings. The topological polar surface area (TPSA) is 38.8 Å². The predicted molar refractivity (Wildman–Crippen MR) is 94.5 cm³/mol. The zero-order valence-corrected chi connectivity index (χ0v) is 15.2. The molecule has 1 spiro atoms. The van der Waals surface area contributed by atoms with Gasteiger partial charge in [-0.2, -0.15) is 0 Å². The van der Waals surface area contributed by atoms with E-state index in [0.29, 0.717) is 42.8 Å². The Morgan fingerprint density at radius 2 is 2.33 bits per heavy atom. The summed E-state index contributed by atoms with van der Waals surface area (Å²) in [4.78, 5) is 14.8. The number of carbonyl (C=O) groups is 1. The highest BCUT2D eigenvalue weighted by atomic mass is 35.5. The van der Waals surface area contributed by atoms with Crippen molar-refractivity contribution in [3.8, 4) is 0 Å². The third-order valence-corrected chi connectivity index (χ3v) is 5.33. The molecule has 1 aliphatic carbocycles. The van der Waals surface area contributed by atoms with Gasteiger partial charge in [0.15, 0.2) is 0 Å². The van der Waals surface area contributed by atoms with E-state index in [0.717, 1.165) is 19.3 Å². The van der Waals surface area contributed by atoms with Gasteiger partial charge >= 0.3 is 0 Å². The summed E-state index contributed by atoms with van der Waals surface area (Å²) in [6.45, 7) is 6.67. The molecule has 0 bridgehead atoms. The molecule has 2 atom stereocenters. The van der Waals surface area contributed by atoms with E-state index in [1.807, 2.05) is 17.0 Å². The molecule has 0 aromatic heterocycles. The van der Waals surface area contributed by atoms with E-state index in [2.05, 4.69) is 13.8 Å². The van der Waals surface area contributed by atoms with Crippen LogP contribution >= 0.6 is 11.6 Å². The molecule has 0 radical (unpaired) electrons. The minimum absolute atomic E-state index is 0.0376.